The van der Waals surface area contributed by atoms with Crippen molar-refractivity contribution < 1.29 is 4.39 Å². The van der Waals surface area contributed by atoms with Gasteiger partial charge in [0.05, 0.1) is 6.54 Å². The molecule has 0 heterocycles. The molecule has 0 spiro atoms. The Morgan fingerprint density at radius 1 is 1.43 bits per heavy atom. The van der Waals surface area contributed by atoms with Gasteiger partial charge in [0.15, 0.2) is 0 Å². The zero-order valence-electron chi connectivity index (χ0n) is 7.96. The number of nitrogens with one attached hydrogen (secondary N) is 1. The standard InChI is InChI=1S/C11H12FN.ClH/c1-3-8-13-9(2)10-4-6-11(12)7-5-10;/h1,4-7,9,13H,8H2,2H3;1H. The maximum Gasteiger partial charge on any atom is 0.123 e. The van der Waals surface area contributed by atoms with Crippen LogP contribution in [0.5, 0.6) is 0 Å². The average molecular weight is 214 g/mol. The summed E-state index contributed by atoms with van der Waals surface area (Å²) in [6, 6.07) is 6.57. The van der Waals surface area contributed by atoms with Gasteiger partial charge in [-0.1, -0.05) is 18.1 Å². The number of benzene rings is 1. The van der Waals surface area contributed by atoms with E-state index in [-0.39, 0.29) is 24.3 Å². The van der Waals surface area contributed by atoms with Crippen LogP contribution in [0.15, 0.2) is 24.3 Å². The first-order chi connectivity index (χ1) is 6.24. The summed E-state index contributed by atoms with van der Waals surface area (Å²) in [5, 5.41) is 3.11. The van der Waals surface area contributed by atoms with Crippen LogP contribution in [0.2, 0.25) is 0 Å². The summed E-state index contributed by atoms with van der Waals surface area (Å²) in [6.45, 7) is 2.52. The molecule has 1 aromatic rings. The Balaban J connectivity index is 0.00000169. The van der Waals surface area contributed by atoms with Crippen LogP contribution in [0.3, 0.4) is 0 Å². The average Bonchev–Trinajstić information content (AvgIpc) is 2.15. The van der Waals surface area contributed by atoms with Crippen LogP contribution in [0, 0.1) is 18.2 Å². The van der Waals surface area contributed by atoms with E-state index >= 15 is 0 Å². The second kappa shape index (κ2) is 6.42. The van der Waals surface area contributed by atoms with E-state index in [4.69, 9.17) is 6.42 Å². The molecular formula is C11H13ClFN. The summed E-state index contributed by atoms with van der Waals surface area (Å²) < 4.78 is 12.5. The lowest BCUT2D eigenvalue weighted by atomic mass is 10.1. The highest BCUT2D eigenvalue weighted by atomic mass is 35.5. The van der Waals surface area contributed by atoms with Crippen molar-refractivity contribution in [3.05, 3.63) is 35.6 Å². The van der Waals surface area contributed by atoms with Crippen molar-refractivity contribution in [2.45, 2.75) is 13.0 Å². The molecule has 76 valence electrons. The molecule has 0 radical (unpaired) electrons. The first kappa shape index (κ1) is 13.0. The van der Waals surface area contributed by atoms with Gasteiger partial charge in [0, 0.05) is 6.04 Å². The SMILES string of the molecule is C#CCNC(C)c1ccc(F)cc1.Cl. The Kier molecular flexibility index (Phi) is 5.94. The van der Waals surface area contributed by atoms with E-state index in [0.29, 0.717) is 6.54 Å². The molecule has 1 N–H and O–H groups in total. The molecule has 0 aliphatic rings. The molecular weight excluding hydrogens is 201 g/mol. The minimum absolute atomic E-state index is 0. The molecule has 3 heteroatoms. The molecule has 0 aliphatic carbocycles. The van der Waals surface area contributed by atoms with Gasteiger partial charge in [-0.2, -0.15) is 0 Å². The van der Waals surface area contributed by atoms with E-state index in [2.05, 4.69) is 11.2 Å². The third-order valence-electron chi connectivity index (χ3n) is 1.88. The monoisotopic (exact) mass is 213 g/mol. The lowest BCUT2D eigenvalue weighted by Gasteiger charge is -2.11. The lowest BCUT2D eigenvalue weighted by Crippen LogP contribution is -2.18. The van der Waals surface area contributed by atoms with Gasteiger partial charge >= 0.3 is 0 Å². The third-order valence-corrected chi connectivity index (χ3v) is 1.88. The Hall–Kier alpha value is -1.04. The third kappa shape index (κ3) is 3.78. The number of rotatable bonds is 3. The Morgan fingerprint density at radius 2 is 2.00 bits per heavy atom. The Bertz CT molecular complexity index is 302. The van der Waals surface area contributed by atoms with E-state index < -0.39 is 0 Å². The van der Waals surface area contributed by atoms with Crippen LogP contribution >= 0.6 is 12.4 Å². The van der Waals surface area contributed by atoms with Crippen LogP contribution in [0.4, 0.5) is 4.39 Å². The van der Waals surface area contributed by atoms with Crippen LogP contribution in [-0.2, 0) is 0 Å². The fraction of sp³-hybridized carbons (Fsp3) is 0.273. The minimum atomic E-state index is -0.215. The summed E-state index contributed by atoms with van der Waals surface area (Å²) in [6.07, 6.45) is 5.11. The maximum atomic E-state index is 12.5. The highest BCUT2D eigenvalue weighted by molar-refractivity contribution is 5.85. The van der Waals surface area contributed by atoms with Crippen LogP contribution in [-0.4, -0.2) is 6.54 Å². The predicted octanol–water partition coefficient (Wildman–Crippen LogP) is 2.53. The lowest BCUT2D eigenvalue weighted by molar-refractivity contribution is 0.609. The molecule has 1 atom stereocenters. The van der Waals surface area contributed by atoms with Gasteiger partial charge in [0.25, 0.3) is 0 Å². The number of halogens is 2. The summed E-state index contributed by atoms with van der Waals surface area (Å²) in [4.78, 5) is 0. The predicted molar refractivity (Wildman–Crippen MR) is 58.9 cm³/mol. The molecule has 0 amide bonds. The maximum absolute atomic E-state index is 12.5. The summed E-state index contributed by atoms with van der Waals surface area (Å²) >= 11 is 0. The van der Waals surface area contributed by atoms with Gasteiger partial charge in [-0.25, -0.2) is 4.39 Å². The summed E-state index contributed by atoms with van der Waals surface area (Å²) in [7, 11) is 0. The molecule has 0 saturated carbocycles. The largest absolute Gasteiger partial charge is 0.300 e. The first-order valence-electron chi connectivity index (χ1n) is 4.16. The first-order valence-corrected chi connectivity index (χ1v) is 4.16. The molecule has 0 aromatic heterocycles. The molecule has 1 aromatic carbocycles. The van der Waals surface area contributed by atoms with E-state index in [1.54, 1.807) is 12.1 Å². The van der Waals surface area contributed by atoms with Crippen molar-refractivity contribution in [3.63, 3.8) is 0 Å². The zero-order chi connectivity index (χ0) is 9.68. The second-order valence-electron chi connectivity index (χ2n) is 2.86. The van der Waals surface area contributed by atoms with Gasteiger partial charge < -0.3 is 0 Å². The van der Waals surface area contributed by atoms with Crippen molar-refractivity contribution in [3.8, 4) is 12.3 Å². The quantitative estimate of drug-likeness (QED) is 0.761. The molecule has 14 heavy (non-hydrogen) atoms. The number of hydrogen-bond donors (Lipinski definition) is 1. The zero-order valence-corrected chi connectivity index (χ0v) is 8.77. The molecule has 1 nitrogen and oxygen atoms in total. The molecule has 0 bridgehead atoms. The summed E-state index contributed by atoms with van der Waals surface area (Å²) in [5.41, 5.74) is 1.04. The van der Waals surface area contributed by atoms with E-state index in [1.165, 1.54) is 12.1 Å². The van der Waals surface area contributed by atoms with Crippen LogP contribution < -0.4 is 5.32 Å². The second-order valence-corrected chi connectivity index (χ2v) is 2.86. The van der Waals surface area contributed by atoms with Gasteiger partial charge in [-0.15, -0.1) is 18.8 Å². The number of terminal acetylenes is 1. The van der Waals surface area contributed by atoms with E-state index in [0.717, 1.165) is 5.56 Å². The van der Waals surface area contributed by atoms with Crippen molar-refractivity contribution >= 4 is 12.4 Å². The Morgan fingerprint density at radius 3 is 2.50 bits per heavy atom. The van der Waals surface area contributed by atoms with Crippen LogP contribution in [0.25, 0.3) is 0 Å². The van der Waals surface area contributed by atoms with Crippen molar-refractivity contribution in [2.24, 2.45) is 0 Å². The smallest absolute Gasteiger partial charge is 0.123 e. The van der Waals surface area contributed by atoms with Gasteiger partial charge in [0.2, 0.25) is 0 Å². The molecule has 1 rings (SSSR count). The fourth-order valence-electron chi connectivity index (χ4n) is 1.08. The molecule has 0 aliphatic heterocycles. The molecule has 1 unspecified atom stereocenters. The van der Waals surface area contributed by atoms with Crippen molar-refractivity contribution in [2.75, 3.05) is 6.54 Å². The highest BCUT2D eigenvalue weighted by Crippen LogP contribution is 2.11. The van der Waals surface area contributed by atoms with E-state index in [9.17, 15) is 4.39 Å². The van der Waals surface area contributed by atoms with Gasteiger partial charge in [-0.05, 0) is 24.6 Å². The number of hydrogen-bond acceptors (Lipinski definition) is 1. The van der Waals surface area contributed by atoms with E-state index in [1.807, 2.05) is 6.92 Å². The van der Waals surface area contributed by atoms with Gasteiger partial charge in [0.1, 0.15) is 5.82 Å². The summed E-state index contributed by atoms with van der Waals surface area (Å²) in [5.74, 6) is 2.28. The normalized spacial score (nSPS) is 11.2. The molecule has 0 fully saturated rings. The molecule has 0 saturated heterocycles. The van der Waals surface area contributed by atoms with Crippen molar-refractivity contribution in [1.29, 1.82) is 0 Å². The Labute approximate surface area is 90.1 Å². The minimum Gasteiger partial charge on any atom is -0.300 e. The van der Waals surface area contributed by atoms with Crippen LogP contribution in [0.1, 0.15) is 18.5 Å². The highest BCUT2D eigenvalue weighted by Gasteiger charge is 2.02. The topological polar surface area (TPSA) is 12.0 Å². The fourth-order valence-corrected chi connectivity index (χ4v) is 1.08. The van der Waals surface area contributed by atoms with Crippen molar-refractivity contribution in [1.82, 2.24) is 5.32 Å². The van der Waals surface area contributed by atoms with Gasteiger partial charge in [-0.3, -0.25) is 5.32 Å².